The average molecular weight is 360 g/mol. The van der Waals surface area contributed by atoms with Crippen LogP contribution in [0.1, 0.15) is 12.5 Å². The van der Waals surface area contributed by atoms with E-state index in [9.17, 15) is 4.79 Å². The van der Waals surface area contributed by atoms with Crippen molar-refractivity contribution in [3.05, 3.63) is 47.0 Å². The van der Waals surface area contributed by atoms with Crippen molar-refractivity contribution in [2.24, 2.45) is 0 Å². The predicted molar refractivity (Wildman–Crippen MR) is 99.2 cm³/mol. The van der Waals surface area contributed by atoms with Crippen LogP contribution in [0.2, 0.25) is 5.02 Å². The first-order valence-electron chi connectivity index (χ1n) is 7.18. The van der Waals surface area contributed by atoms with Crippen molar-refractivity contribution in [1.82, 2.24) is 10.3 Å². The Kier molecular flexibility index (Phi) is 4.51. The highest BCUT2D eigenvalue weighted by atomic mass is 35.5. The van der Waals surface area contributed by atoms with E-state index in [1.165, 1.54) is 6.92 Å². The summed E-state index contributed by atoms with van der Waals surface area (Å²) in [5, 5.41) is 6.03. The van der Waals surface area contributed by atoms with Crippen molar-refractivity contribution in [2.75, 3.05) is 5.32 Å². The molecule has 2 aromatic carbocycles. The van der Waals surface area contributed by atoms with E-state index in [0.717, 1.165) is 22.2 Å². The molecule has 0 aliphatic rings. The smallest absolute Gasteiger partial charge is 0.227 e. The molecule has 0 radical (unpaired) electrons. The number of nitrogens with zero attached hydrogens (tertiary/aromatic N) is 1. The van der Waals surface area contributed by atoms with Crippen LogP contribution < -0.4 is 10.6 Å². The summed E-state index contributed by atoms with van der Waals surface area (Å²) in [7, 11) is 0. The second kappa shape index (κ2) is 6.59. The lowest BCUT2D eigenvalue weighted by Gasteiger charge is -2.10. The number of nitrogens with one attached hydrogen (secondary N) is 2. The van der Waals surface area contributed by atoms with Crippen LogP contribution in [0, 0.1) is 6.92 Å². The van der Waals surface area contributed by atoms with Crippen molar-refractivity contribution in [3.8, 4) is 11.5 Å². The van der Waals surface area contributed by atoms with Gasteiger partial charge in [-0.25, -0.2) is 4.98 Å². The Morgan fingerprint density at radius 2 is 2.04 bits per heavy atom. The van der Waals surface area contributed by atoms with E-state index in [1.807, 2.05) is 31.2 Å². The molecular weight excluding hydrogens is 346 g/mol. The summed E-state index contributed by atoms with van der Waals surface area (Å²) in [4.78, 5) is 15.5. The lowest BCUT2D eigenvalue weighted by molar-refractivity contribution is -0.117. The Morgan fingerprint density at radius 3 is 2.79 bits per heavy atom. The van der Waals surface area contributed by atoms with E-state index < -0.39 is 0 Å². The van der Waals surface area contributed by atoms with E-state index in [2.05, 4.69) is 15.6 Å². The topological polar surface area (TPSA) is 67.2 Å². The molecule has 1 amide bonds. The van der Waals surface area contributed by atoms with Gasteiger partial charge in [-0.1, -0.05) is 17.7 Å². The Hall–Kier alpha value is -2.44. The first-order chi connectivity index (χ1) is 11.4. The molecule has 0 spiro atoms. The summed E-state index contributed by atoms with van der Waals surface area (Å²) < 4.78 is 5.81. The normalized spacial score (nSPS) is 10.6. The zero-order valence-electron chi connectivity index (χ0n) is 13.0. The summed E-state index contributed by atoms with van der Waals surface area (Å²) in [6, 6.07) is 11.1. The minimum absolute atomic E-state index is 0.176. The number of hydrogen-bond donors (Lipinski definition) is 2. The van der Waals surface area contributed by atoms with Gasteiger partial charge in [-0.3, -0.25) is 4.79 Å². The third-order valence-corrected chi connectivity index (χ3v) is 3.83. The van der Waals surface area contributed by atoms with Gasteiger partial charge in [-0.05, 0) is 55.0 Å². The molecule has 3 aromatic rings. The first-order valence-corrected chi connectivity index (χ1v) is 7.96. The quantitative estimate of drug-likeness (QED) is 0.668. The van der Waals surface area contributed by atoms with Crippen molar-refractivity contribution in [1.29, 1.82) is 0 Å². The number of rotatable bonds is 2. The molecule has 0 bridgehead atoms. The molecule has 7 heteroatoms. The number of fused-ring (bicyclic) bond motifs is 1. The molecule has 0 saturated heterocycles. The summed E-state index contributed by atoms with van der Waals surface area (Å²) in [5.41, 5.74) is 3.93. The average Bonchev–Trinajstić information content (AvgIpc) is 2.91. The van der Waals surface area contributed by atoms with Crippen LogP contribution in [0.5, 0.6) is 0 Å². The lowest BCUT2D eigenvalue weighted by Crippen LogP contribution is -2.32. The lowest BCUT2D eigenvalue weighted by atomic mass is 10.2. The fourth-order valence-corrected chi connectivity index (χ4v) is 2.64. The zero-order valence-corrected chi connectivity index (χ0v) is 14.6. The van der Waals surface area contributed by atoms with Gasteiger partial charge in [-0.2, -0.15) is 0 Å². The van der Waals surface area contributed by atoms with Crippen molar-refractivity contribution >= 4 is 51.6 Å². The number of carbonyl (C=O) groups excluding carboxylic acids is 1. The number of anilines is 1. The zero-order chi connectivity index (χ0) is 17.3. The Labute approximate surface area is 149 Å². The van der Waals surface area contributed by atoms with Crippen molar-refractivity contribution < 1.29 is 9.21 Å². The largest absolute Gasteiger partial charge is 0.436 e. The Balaban J connectivity index is 1.94. The maximum Gasteiger partial charge on any atom is 0.227 e. The van der Waals surface area contributed by atoms with Gasteiger partial charge in [0.1, 0.15) is 5.52 Å². The standard InChI is InChI=1S/C17H14ClN3O2S/c1-9-3-6-13-15(7-9)23-16(20-13)11-4-5-12(18)14(8-11)21-17(24)19-10(2)22/h3-8H,1-2H3,(H2,19,21,22,24). The highest BCUT2D eigenvalue weighted by molar-refractivity contribution is 7.80. The minimum atomic E-state index is -0.255. The number of amides is 1. The van der Waals surface area contributed by atoms with Gasteiger partial charge in [-0.15, -0.1) is 0 Å². The number of carbonyl (C=O) groups is 1. The van der Waals surface area contributed by atoms with Crippen LogP contribution in [0.15, 0.2) is 40.8 Å². The molecule has 5 nitrogen and oxygen atoms in total. The molecule has 3 rings (SSSR count). The molecule has 122 valence electrons. The molecule has 2 N–H and O–H groups in total. The minimum Gasteiger partial charge on any atom is -0.436 e. The van der Waals surface area contributed by atoms with Crippen LogP contribution in [0.25, 0.3) is 22.6 Å². The summed E-state index contributed by atoms with van der Waals surface area (Å²) >= 11 is 11.2. The summed E-state index contributed by atoms with van der Waals surface area (Å²) in [6.45, 7) is 3.38. The number of aryl methyl sites for hydroxylation is 1. The van der Waals surface area contributed by atoms with Gasteiger partial charge in [0.25, 0.3) is 0 Å². The predicted octanol–water partition coefficient (Wildman–Crippen LogP) is 4.29. The van der Waals surface area contributed by atoms with Crippen molar-refractivity contribution in [2.45, 2.75) is 13.8 Å². The number of thiocarbonyl (C=S) groups is 1. The Morgan fingerprint density at radius 1 is 1.25 bits per heavy atom. The maximum absolute atomic E-state index is 11.0. The number of aromatic nitrogens is 1. The third kappa shape index (κ3) is 3.55. The molecule has 0 atom stereocenters. The monoisotopic (exact) mass is 359 g/mol. The fraction of sp³-hybridized carbons (Fsp3) is 0.118. The molecule has 0 saturated carbocycles. The highest BCUT2D eigenvalue weighted by Gasteiger charge is 2.11. The van der Waals surface area contributed by atoms with Crippen LogP contribution in [-0.4, -0.2) is 16.0 Å². The number of halogens is 1. The summed E-state index contributed by atoms with van der Waals surface area (Å²) in [6.07, 6.45) is 0. The molecule has 24 heavy (non-hydrogen) atoms. The van der Waals surface area contributed by atoms with E-state index in [-0.39, 0.29) is 11.0 Å². The van der Waals surface area contributed by atoms with Gasteiger partial charge in [0.2, 0.25) is 11.8 Å². The SMILES string of the molecule is CC(=O)NC(=S)Nc1cc(-c2nc3ccc(C)cc3o2)ccc1Cl. The summed E-state index contributed by atoms with van der Waals surface area (Å²) in [5.74, 6) is 0.231. The number of hydrogen-bond acceptors (Lipinski definition) is 4. The van der Waals surface area contributed by atoms with E-state index in [0.29, 0.717) is 16.6 Å². The van der Waals surface area contributed by atoms with Crippen LogP contribution in [0.3, 0.4) is 0 Å². The number of oxazole rings is 1. The van der Waals surface area contributed by atoms with Crippen LogP contribution in [0.4, 0.5) is 5.69 Å². The van der Waals surface area contributed by atoms with Crippen LogP contribution in [-0.2, 0) is 4.79 Å². The molecule has 1 aromatic heterocycles. The van der Waals surface area contributed by atoms with Crippen molar-refractivity contribution in [3.63, 3.8) is 0 Å². The van der Waals surface area contributed by atoms with Crippen LogP contribution >= 0.6 is 23.8 Å². The van der Waals surface area contributed by atoms with E-state index in [4.69, 9.17) is 28.2 Å². The van der Waals surface area contributed by atoms with Gasteiger partial charge in [0, 0.05) is 12.5 Å². The van der Waals surface area contributed by atoms with E-state index in [1.54, 1.807) is 12.1 Å². The molecule has 0 unspecified atom stereocenters. The third-order valence-electron chi connectivity index (χ3n) is 3.30. The second-order valence-electron chi connectivity index (χ2n) is 5.32. The molecule has 0 aliphatic heterocycles. The molecule has 1 heterocycles. The van der Waals surface area contributed by atoms with E-state index >= 15 is 0 Å². The first kappa shape index (κ1) is 16.4. The van der Waals surface area contributed by atoms with Gasteiger partial charge in [0.15, 0.2) is 10.7 Å². The molecule has 0 aliphatic carbocycles. The molecular formula is C17H14ClN3O2S. The van der Waals surface area contributed by atoms with Gasteiger partial charge < -0.3 is 15.1 Å². The van der Waals surface area contributed by atoms with Gasteiger partial charge >= 0.3 is 0 Å². The van der Waals surface area contributed by atoms with Gasteiger partial charge in [0.05, 0.1) is 10.7 Å². The fourth-order valence-electron chi connectivity index (χ4n) is 2.22. The number of benzene rings is 2. The highest BCUT2D eigenvalue weighted by Crippen LogP contribution is 2.30. The molecule has 0 fully saturated rings. The second-order valence-corrected chi connectivity index (χ2v) is 6.14. The Bertz CT molecular complexity index is 952. The maximum atomic E-state index is 11.0.